The van der Waals surface area contributed by atoms with E-state index in [1.807, 2.05) is 0 Å². The molecule has 0 aliphatic carbocycles. The maximum atomic E-state index is 11.2. The first-order chi connectivity index (χ1) is 10.7. The fraction of sp³-hybridized carbons (Fsp3) is 0.438. The van der Waals surface area contributed by atoms with Crippen molar-refractivity contribution in [1.82, 2.24) is 4.98 Å². The van der Waals surface area contributed by atoms with E-state index >= 15 is 0 Å². The van der Waals surface area contributed by atoms with E-state index in [0.717, 1.165) is 19.3 Å². The van der Waals surface area contributed by atoms with Gasteiger partial charge in [-0.3, -0.25) is 10.1 Å². The fourth-order valence-electron chi connectivity index (χ4n) is 2.33. The molecule has 0 atom stereocenters. The predicted octanol–water partition coefficient (Wildman–Crippen LogP) is 4.11. The van der Waals surface area contributed by atoms with E-state index in [0.29, 0.717) is 29.0 Å². The fourth-order valence-corrected chi connectivity index (χ4v) is 2.33. The topological polar surface area (TPSA) is 74.5 Å². The van der Waals surface area contributed by atoms with Crippen LogP contribution in [0.2, 0.25) is 0 Å². The Morgan fingerprint density at radius 3 is 2.82 bits per heavy atom. The Labute approximate surface area is 129 Å². The molecule has 118 valence electrons. The molecule has 2 aromatic rings. The minimum atomic E-state index is -0.455. The number of unbranched alkanes of at least 4 members (excludes halogenated alkanes) is 3. The van der Waals surface area contributed by atoms with Crippen LogP contribution in [0.5, 0.6) is 11.5 Å². The van der Waals surface area contributed by atoms with Gasteiger partial charge in [0.1, 0.15) is 0 Å². The van der Waals surface area contributed by atoms with Crippen molar-refractivity contribution in [2.75, 3.05) is 13.7 Å². The average Bonchev–Trinajstić information content (AvgIpc) is 2.54. The number of nitrogens with zero attached hydrogens (tertiary/aromatic N) is 2. The van der Waals surface area contributed by atoms with Gasteiger partial charge in [0.2, 0.25) is 0 Å². The highest BCUT2D eigenvalue weighted by Crippen LogP contribution is 2.40. The molecule has 0 spiro atoms. The molecule has 0 saturated heterocycles. The molecule has 6 heteroatoms. The lowest BCUT2D eigenvalue weighted by Gasteiger charge is -2.13. The highest BCUT2D eigenvalue weighted by Gasteiger charge is 2.21. The first kappa shape index (κ1) is 16.0. The van der Waals surface area contributed by atoms with Crippen molar-refractivity contribution in [3.63, 3.8) is 0 Å². The van der Waals surface area contributed by atoms with E-state index in [2.05, 4.69) is 11.9 Å². The third-order valence-electron chi connectivity index (χ3n) is 3.45. The number of non-ortho nitro benzene ring substituents is 1. The average molecular weight is 304 g/mol. The van der Waals surface area contributed by atoms with E-state index in [4.69, 9.17) is 9.47 Å². The van der Waals surface area contributed by atoms with E-state index in [9.17, 15) is 10.1 Å². The Bertz CT molecular complexity index is 658. The summed E-state index contributed by atoms with van der Waals surface area (Å²) in [4.78, 5) is 14.9. The highest BCUT2D eigenvalue weighted by molar-refractivity contribution is 5.94. The number of aromatic nitrogens is 1. The van der Waals surface area contributed by atoms with Gasteiger partial charge in [0.05, 0.1) is 30.1 Å². The molecule has 1 aromatic heterocycles. The van der Waals surface area contributed by atoms with E-state index in [1.54, 1.807) is 12.1 Å². The molecule has 0 amide bonds. The summed E-state index contributed by atoms with van der Waals surface area (Å²) >= 11 is 0. The van der Waals surface area contributed by atoms with Gasteiger partial charge in [-0.05, 0) is 18.6 Å². The number of pyridine rings is 1. The lowest BCUT2D eigenvalue weighted by Crippen LogP contribution is -2.02. The van der Waals surface area contributed by atoms with Crippen molar-refractivity contribution in [1.29, 1.82) is 0 Å². The number of hydrogen-bond acceptors (Lipinski definition) is 5. The molecular weight excluding hydrogens is 284 g/mol. The number of hydrogen-bond donors (Lipinski definition) is 0. The molecule has 0 radical (unpaired) electrons. The van der Waals surface area contributed by atoms with Gasteiger partial charge in [0.25, 0.3) is 5.69 Å². The number of methoxy groups -OCH3 is 1. The van der Waals surface area contributed by atoms with Gasteiger partial charge in [-0.1, -0.05) is 26.2 Å². The zero-order chi connectivity index (χ0) is 15.9. The van der Waals surface area contributed by atoms with Crippen LogP contribution in [0.4, 0.5) is 5.69 Å². The molecule has 22 heavy (non-hydrogen) atoms. The zero-order valence-corrected chi connectivity index (χ0v) is 12.9. The van der Waals surface area contributed by atoms with Crippen LogP contribution in [0.1, 0.15) is 32.6 Å². The molecule has 0 fully saturated rings. The Hall–Kier alpha value is -2.37. The standard InChI is InChI=1S/C16H20N2O4/c1-3-4-5-6-10-22-16-12-8-7-9-17-15(12)13(18(19)20)11-14(16)21-2/h7-9,11H,3-6,10H2,1-2H3. The van der Waals surface area contributed by atoms with Crippen LogP contribution in [-0.4, -0.2) is 23.6 Å². The van der Waals surface area contributed by atoms with E-state index in [1.165, 1.54) is 25.8 Å². The van der Waals surface area contributed by atoms with Crippen LogP contribution in [0.3, 0.4) is 0 Å². The molecule has 0 aliphatic rings. The molecule has 1 aromatic carbocycles. The summed E-state index contributed by atoms with van der Waals surface area (Å²) in [6.45, 7) is 2.71. The summed E-state index contributed by atoms with van der Waals surface area (Å²) in [7, 11) is 1.48. The van der Waals surface area contributed by atoms with Crippen molar-refractivity contribution in [3.8, 4) is 11.5 Å². The maximum absolute atomic E-state index is 11.2. The van der Waals surface area contributed by atoms with Crippen molar-refractivity contribution in [3.05, 3.63) is 34.5 Å². The second kappa shape index (κ2) is 7.59. The van der Waals surface area contributed by atoms with Gasteiger partial charge in [0.15, 0.2) is 17.0 Å². The molecule has 0 aliphatic heterocycles. The first-order valence-electron chi connectivity index (χ1n) is 7.42. The summed E-state index contributed by atoms with van der Waals surface area (Å²) < 4.78 is 11.1. The van der Waals surface area contributed by atoms with Gasteiger partial charge in [0, 0.05) is 6.20 Å². The normalized spacial score (nSPS) is 10.6. The van der Waals surface area contributed by atoms with Crippen molar-refractivity contribution >= 4 is 16.6 Å². The predicted molar refractivity (Wildman–Crippen MR) is 84.6 cm³/mol. The highest BCUT2D eigenvalue weighted by atomic mass is 16.6. The molecule has 1 heterocycles. The number of fused-ring (bicyclic) bond motifs is 1. The number of ether oxygens (including phenoxy) is 2. The molecule has 0 N–H and O–H groups in total. The van der Waals surface area contributed by atoms with Crippen LogP contribution in [0.15, 0.2) is 24.4 Å². The third kappa shape index (κ3) is 3.44. The maximum Gasteiger partial charge on any atom is 0.299 e. The molecular formula is C16H20N2O4. The Morgan fingerprint density at radius 1 is 1.32 bits per heavy atom. The number of nitro groups is 1. The van der Waals surface area contributed by atoms with Crippen molar-refractivity contribution in [2.45, 2.75) is 32.6 Å². The van der Waals surface area contributed by atoms with Crippen LogP contribution in [-0.2, 0) is 0 Å². The number of rotatable bonds is 8. The Balaban J connectivity index is 2.35. The van der Waals surface area contributed by atoms with Crippen LogP contribution in [0.25, 0.3) is 10.9 Å². The second-order valence-electron chi connectivity index (χ2n) is 4.99. The number of benzene rings is 1. The smallest absolute Gasteiger partial charge is 0.299 e. The first-order valence-corrected chi connectivity index (χ1v) is 7.42. The number of nitro benzene ring substituents is 1. The second-order valence-corrected chi connectivity index (χ2v) is 4.99. The largest absolute Gasteiger partial charge is 0.493 e. The monoisotopic (exact) mass is 304 g/mol. The summed E-state index contributed by atoms with van der Waals surface area (Å²) in [5.41, 5.74) is 0.239. The lowest BCUT2D eigenvalue weighted by atomic mass is 10.1. The summed E-state index contributed by atoms with van der Waals surface area (Å²) in [6.07, 6.45) is 5.90. The van der Waals surface area contributed by atoms with Gasteiger partial charge >= 0.3 is 0 Å². The summed E-state index contributed by atoms with van der Waals surface area (Å²) in [5.74, 6) is 0.885. The SMILES string of the molecule is CCCCCCOc1c(OC)cc([N+](=O)[O-])c2ncccc12. The minimum absolute atomic E-state index is 0.0780. The van der Waals surface area contributed by atoms with Gasteiger partial charge in [-0.2, -0.15) is 0 Å². The quantitative estimate of drug-likeness (QED) is 0.417. The van der Waals surface area contributed by atoms with Gasteiger partial charge in [-0.25, -0.2) is 4.98 Å². The molecule has 0 bridgehead atoms. The third-order valence-corrected chi connectivity index (χ3v) is 3.45. The Morgan fingerprint density at radius 2 is 2.14 bits per heavy atom. The molecule has 0 unspecified atom stereocenters. The lowest BCUT2D eigenvalue weighted by molar-refractivity contribution is -0.383. The summed E-state index contributed by atoms with van der Waals surface area (Å²) in [6, 6.07) is 4.87. The zero-order valence-electron chi connectivity index (χ0n) is 12.9. The van der Waals surface area contributed by atoms with Crippen LogP contribution >= 0.6 is 0 Å². The molecule has 6 nitrogen and oxygen atoms in total. The molecule has 2 rings (SSSR count). The van der Waals surface area contributed by atoms with E-state index < -0.39 is 4.92 Å². The Kier molecular flexibility index (Phi) is 5.52. The van der Waals surface area contributed by atoms with Crippen LogP contribution in [0, 0.1) is 10.1 Å². The summed E-state index contributed by atoms with van der Waals surface area (Å²) in [5, 5.41) is 11.8. The van der Waals surface area contributed by atoms with Gasteiger partial charge < -0.3 is 9.47 Å². The van der Waals surface area contributed by atoms with Crippen molar-refractivity contribution in [2.24, 2.45) is 0 Å². The molecule has 0 saturated carbocycles. The van der Waals surface area contributed by atoms with Crippen LogP contribution < -0.4 is 9.47 Å². The van der Waals surface area contributed by atoms with Crippen molar-refractivity contribution < 1.29 is 14.4 Å². The van der Waals surface area contributed by atoms with Gasteiger partial charge in [-0.15, -0.1) is 0 Å². The minimum Gasteiger partial charge on any atom is -0.493 e. The van der Waals surface area contributed by atoms with E-state index in [-0.39, 0.29) is 5.69 Å².